The van der Waals surface area contributed by atoms with E-state index in [9.17, 15) is 9.59 Å². The Morgan fingerprint density at radius 1 is 1.25 bits per heavy atom. The summed E-state index contributed by atoms with van der Waals surface area (Å²) < 4.78 is 11.8. The lowest BCUT2D eigenvalue weighted by Gasteiger charge is -2.06. The largest absolute Gasteiger partial charge is 0.496 e. The van der Waals surface area contributed by atoms with Crippen LogP contribution in [0.2, 0.25) is 0 Å². The van der Waals surface area contributed by atoms with E-state index in [1.807, 2.05) is 30.5 Å². The molecule has 0 aliphatic heterocycles. The maximum atomic E-state index is 11.8. The first-order valence-electron chi connectivity index (χ1n) is 6.45. The van der Waals surface area contributed by atoms with Gasteiger partial charge >= 0.3 is 5.97 Å². The number of hydrogen-bond acceptors (Lipinski definition) is 4. The van der Waals surface area contributed by atoms with Gasteiger partial charge in [-0.3, -0.25) is 9.59 Å². The van der Waals surface area contributed by atoms with E-state index >= 15 is 0 Å². The van der Waals surface area contributed by atoms with Crippen molar-refractivity contribution in [3.05, 3.63) is 30.5 Å². The molecule has 1 aromatic heterocycles. The van der Waals surface area contributed by atoms with Crippen LogP contribution in [0.5, 0.6) is 5.75 Å². The third-order valence-electron chi connectivity index (χ3n) is 2.99. The van der Waals surface area contributed by atoms with Gasteiger partial charge < -0.3 is 14.0 Å². The fourth-order valence-corrected chi connectivity index (χ4v) is 2.13. The van der Waals surface area contributed by atoms with Crippen molar-refractivity contribution in [2.45, 2.75) is 19.9 Å². The number of hydrogen-bond donors (Lipinski definition) is 0. The fourth-order valence-electron chi connectivity index (χ4n) is 2.13. The number of ketones is 1. The van der Waals surface area contributed by atoms with Gasteiger partial charge in [0.1, 0.15) is 12.2 Å². The Hall–Kier alpha value is -2.30. The van der Waals surface area contributed by atoms with Crippen LogP contribution in [-0.2, 0) is 20.9 Å². The van der Waals surface area contributed by atoms with Crippen LogP contribution < -0.4 is 4.74 Å². The summed E-state index contributed by atoms with van der Waals surface area (Å²) in [5, 5.41) is 0.943. The molecular formula is C15H17NO4. The number of rotatable bonds is 6. The van der Waals surface area contributed by atoms with Crippen molar-refractivity contribution in [3.8, 4) is 5.75 Å². The van der Waals surface area contributed by atoms with Crippen molar-refractivity contribution in [1.82, 2.24) is 4.57 Å². The number of carbonyl (C=O) groups excluding carboxylic acids is 2. The third kappa shape index (κ3) is 2.99. The lowest BCUT2D eigenvalue weighted by Crippen LogP contribution is -2.15. The van der Waals surface area contributed by atoms with E-state index in [0.29, 0.717) is 0 Å². The lowest BCUT2D eigenvalue weighted by atomic mass is 10.2. The van der Waals surface area contributed by atoms with Crippen molar-refractivity contribution in [3.63, 3.8) is 0 Å². The Kier molecular flexibility index (Phi) is 4.40. The molecule has 2 rings (SSSR count). The highest BCUT2D eigenvalue weighted by Gasteiger charge is 2.13. The van der Waals surface area contributed by atoms with Gasteiger partial charge in [-0.25, -0.2) is 0 Å². The smallest absolute Gasteiger partial charge is 0.313 e. The van der Waals surface area contributed by atoms with E-state index in [0.717, 1.165) is 16.7 Å². The third-order valence-corrected chi connectivity index (χ3v) is 2.99. The van der Waals surface area contributed by atoms with Crippen LogP contribution in [0.3, 0.4) is 0 Å². The fraction of sp³-hybridized carbons (Fsp3) is 0.333. The van der Waals surface area contributed by atoms with Crippen LogP contribution in [0.1, 0.15) is 13.3 Å². The Bertz CT molecular complexity index is 630. The summed E-state index contributed by atoms with van der Waals surface area (Å²) in [7, 11) is 1.61. The standard InChI is InChI=1S/C15H17NO4/c1-3-20-15(18)9-11(17)10-16-8-7-12-13(16)5-4-6-14(12)19-2/h4-8H,3,9-10H2,1-2H3. The van der Waals surface area contributed by atoms with Crippen LogP contribution in [0.4, 0.5) is 0 Å². The van der Waals surface area contributed by atoms with Gasteiger partial charge in [-0.05, 0) is 25.1 Å². The average Bonchev–Trinajstić information content (AvgIpc) is 2.82. The first-order valence-corrected chi connectivity index (χ1v) is 6.45. The molecule has 20 heavy (non-hydrogen) atoms. The molecule has 1 aromatic carbocycles. The number of esters is 1. The maximum absolute atomic E-state index is 11.8. The molecule has 1 heterocycles. The van der Waals surface area contributed by atoms with Gasteiger partial charge in [0.15, 0.2) is 5.78 Å². The molecule has 0 unspecified atom stereocenters. The van der Waals surface area contributed by atoms with E-state index in [1.165, 1.54) is 0 Å². The lowest BCUT2D eigenvalue weighted by molar-refractivity contribution is -0.145. The molecule has 5 heteroatoms. The first-order chi connectivity index (χ1) is 9.65. The molecule has 0 N–H and O–H groups in total. The van der Waals surface area contributed by atoms with Crippen LogP contribution >= 0.6 is 0 Å². The first kappa shape index (κ1) is 14.1. The minimum atomic E-state index is -0.480. The summed E-state index contributed by atoms with van der Waals surface area (Å²) in [6.07, 6.45) is 1.62. The second-order valence-corrected chi connectivity index (χ2v) is 4.36. The maximum Gasteiger partial charge on any atom is 0.313 e. The Labute approximate surface area is 117 Å². The second-order valence-electron chi connectivity index (χ2n) is 4.36. The number of benzene rings is 1. The summed E-state index contributed by atoms with van der Waals surface area (Å²) in [6, 6.07) is 7.54. The summed E-state index contributed by atoms with van der Waals surface area (Å²) in [5.74, 6) is 0.106. The van der Waals surface area contributed by atoms with Gasteiger partial charge in [-0.15, -0.1) is 0 Å². The highest BCUT2D eigenvalue weighted by Crippen LogP contribution is 2.26. The summed E-state index contributed by atoms with van der Waals surface area (Å²) in [5.41, 5.74) is 0.904. The van der Waals surface area contributed by atoms with Crippen LogP contribution in [-0.4, -0.2) is 30.0 Å². The molecule has 0 atom stereocenters. The number of nitrogens with zero attached hydrogens (tertiary/aromatic N) is 1. The number of fused-ring (bicyclic) bond motifs is 1. The number of Topliss-reactive ketones (excluding diaryl/α,β-unsaturated/α-hetero) is 1. The van der Waals surface area contributed by atoms with Gasteiger partial charge in [0.05, 0.1) is 25.8 Å². The Morgan fingerprint density at radius 3 is 2.75 bits per heavy atom. The van der Waals surface area contributed by atoms with E-state index in [-0.39, 0.29) is 25.4 Å². The van der Waals surface area contributed by atoms with E-state index < -0.39 is 5.97 Å². The minimum absolute atomic E-state index is 0.148. The van der Waals surface area contributed by atoms with Gasteiger partial charge in [0.25, 0.3) is 0 Å². The highest BCUT2D eigenvalue weighted by molar-refractivity contribution is 5.96. The quantitative estimate of drug-likeness (QED) is 0.599. The van der Waals surface area contributed by atoms with Gasteiger partial charge in [-0.2, -0.15) is 0 Å². The van der Waals surface area contributed by atoms with E-state index in [1.54, 1.807) is 18.6 Å². The van der Waals surface area contributed by atoms with Crippen molar-refractivity contribution >= 4 is 22.7 Å². The number of aromatic nitrogens is 1. The number of ether oxygens (including phenoxy) is 2. The zero-order chi connectivity index (χ0) is 14.5. The second kappa shape index (κ2) is 6.23. The average molecular weight is 275 g/mol. The Balaban J connectivity index is 2.14. The molecule has 5 nitrogen and oxygen atoms in total. The minimum Gasteiger partial charge on any atom is -0.496 e. The van der Waals surface area contributed by atoms with Crippen LogP contribution in [0.15, 0.2) is 30.5 Å². The van der Waals surface area contributed by atoms with Crippen LogP contribution in [0, 0.1) is 0 Å². The predicted octanol–water partition coefficient (Wildman–Crippen LogP) is 2.17. The number of carbonyl (C=O) groups is 2. The van der Waals surface area contributed by atoms with Gasteiger partial charge in [0.2, 0.25) is 0 Å². The number of methoxy groups -OCH3 is 1. The molecule has 0 saturated carbocycles. The molecule has 0 amide bonds. The van der Waals surface area contributed by atoms with Gasteiger partial charge in [-0.1, -0.05) is 6.07 Å². The van der Waals surface area contributed by atoms with Crippen molar-refractivity contribution in [1.29, 1.82) is 0 Å². The normalized spacial score (nSPS) is 10.5. The highest BCUT2D eigenvalue weighted by atomic mass is 16.5. The molecule has 0 aliphatic carbocycles. The molecule has 0 aliphatic rings. The van der Waals surface area contributed by atoms with E-state index in [2.05, 4.69) is 0 Å². The SMILES string of the molecule is CCOC(=O)CC(=O)Cn1ccc2c(OC)cccc21. The molecule has 0 fully saturated rings. The predicted molar refractivity (Wildman–Crippen MR) is 74.7 cm³/mol. The summed E-state index contributed by atoms with van der Waals surface area (Å²) in [4.78, 5) is 23.1. The molecular weight excluding hydrogens is 258 g/mol. The van der Waals surface area contributed by atoms with Crippen LogP contribution in [0.25, 0.3) is 10.9 Å². The Morgan fingerprint density at radius 2 is 2.05 bits per heavy atom. The summed E-state index contributed by atoms with van der Waals surface area (Å²) >= 11 is 0. The van der Waals surface area contributed by atoms with Crippen molar-refractivity contribution in [2.24, 2.45) is 0 Å². The molecule has 0 spiro atoms. The molecule has 2 aromatic rings. The summed E-state index contributed by atoms with van der Waals surface area (Å²) in [6.45, 7) is 2.15. The molecule has 106 valence electrons. The van der Waals surface area contributed by atoms with Crippen molar-refractivity contribution in [2.75, 3.05) is 13.7 Å². The molecule has 0 bridgehead atoms. The monoisotopic (exact) mass is 275 g/mol. The van der Waals surface area contributed by atoms with E-state index in [4.69, 9.17) is 9.47 Å². The zero-order valence-corrected chi connectivity index (χ0v) is 11.6. The molecule has 0 radical (unpaired) electrons. The topological polar surface area (TPSA) is 57.5 Å². The molecule has 0 saturated heterocycles. The van der Waals surface area contributed by atoms with Gasteiger partial charge in [0, 0.05) is 11.6 Å². The zero-order valence-electron chi connectivity index (χ0n) is 11.6. The van der Waals surface area contributed by atoms with Crippen molar-refractivity contribution < 1.29 is 19.1 Å².